The minimum Gasteiger partial charge on any atom is -0.394 e. The van der Waals surface area contributed by atoms with Gasteiger partial charge in [-0.2, -0.15) is 4.98 Å². The Morgan fingerprint density at radius 3 is 2.62 bits per heavy atom. The molecule has 0 amide bonds. The number of piperazine rings is 1. The lowest BCUT2D eigenvalue weighted by Gasteiger charge is -2.30. The first-order valence-electron chi connectivity index (χ1n) is 8.37. The molecule has 4 rings (SSSR count). The molecule has 142 valence electrons. The minimum atomic E-state index is -1.33. The maximum Gasteiger partial charge on any atom is 0.280 e. The summed E-state index contributed by atoms with van der Waals surface area (Å²) >= 11 is 0. The van der Waals surface area contributed by atoms with Gasteiger partial charge in [-0.1, -0.05) is 0 Å². The van der Waals surface area contributed by atoms with E-state index in [9.17, 15) is 20.1 Å². The number of nitrogens with one attached hydrogen (secondary N) is 2. The Labute approximate surface area is 147 Å². The maximum atomic E-state index is 12.3. The molecule has 12 nitrogen and oxygen atoms in total. The molecule has 0 unspecified atom stereocenters. The summed E-state index contributed by atoms with van der Waals surface area (Å²) in [7, 11) is 0. The van der Waals surface area contributed by atoms with Crippen LogP contribution in [0.3, 0.4) is 0 Å². The van der Waals surface area contributed by atoms with Gasteiger partial charge >= 0.3 is 0 Å². The van der Waals surface area contributed by atoms with Gasteiger partial charge in [0.2, 0.25) is 11.9 Å². The number of H-pyrrole nitrogens is 1. The predicted molar refractivity (Wildman–Crippen MR) is 90.7 cm³/mol. The van der Waals surface area contributed by atoms with Gasteiger partial charge in [0.05, 0.1) is 6.61 Å². The highest BCUT2D eigenvalue weighted by Gasteiger charge is 2.45. The first-order chi connectivity index (χ1) is 12.5. The van der Waals surface area contributed by atoms with Crippen LogP contribution in [-0.4, -0.2) is 85.9 Å². The quantitative estimate of drug-likeness (QED) is 0.323. The molecule has 7 N–H and O–H groups in total. The van der Waals surface area contributed by atoms with Crippen LogP contribution in [0.2, 0.25) is 0 Å². The van der Waals surface area contributed by atoms with Gasteiger partial charge in [-0.05, 0) is 0 Å². The van der Waals surface area contributed by atoms with E-state index < -0.39 is 36.7 Å². The van der Waals surface area contributed by atoms with Crippen molar-refractivity contribution in [1.29, 1.82) is 0 Å². The molecule has 2 aromatic rings. The van der Waals surface area contributed by atoms with Crippen molar-refractivity contribution < 1.29 is 20.1 Å². The van der Waals surface area contributed by atoms with Gasteiger partial charge in [0, 0.05) is 26.2 Å². The molecule has 12 heteroatoms. The molecule has 2 saturated heterocycles. The highest BCUT2D eigenvalue weighted by atomic mass is 16.6. The second kappa shape index (κ2) is 6.48. The topological polar surface area (TPSA) is 175 Å². The van der Waals surface area contributed by atoms with Crippen LogP contribution < -0.4 is 21.5 Å². The van der Waals surface area contributed by atoms with E-state index in [2.05, 4.69) is 20.3 Å². The van der Waals surface area contributed by atoms with Gasteiger partial charge in [0.25, 0.3) is 5.56 Å². The Morgan fingerprint density at radius 2 is 1.96 bits per heavy atom. The van der Waals surface area contributed by atoms with E-state index in [-0.39, 0.29) is 17.1 Å². The monoisotopic (exact) mass is 367 g/mol. The normalized spacial score (nSPS) is 29.6. The molecule has 2 aromatic heterocycles. The number of ether oxygens (including phenoxy) is 1. The van der Waals surface area contributed by atoms with Crippen LogP contribution in [0.5, 0.6) is 0 Å². The fraction of sp³-hybridized carbons (Fsp3) is 0.643. The highest BCUT2D eigenvalue weighted by molar-refractivity contribution is 5.75. The van der Waals surface area contributed by atoms with E-state index in [0.717, 1.165) is 13.1 Å². The average molecular weight is 367 g/mol. The summed E-state index contributed by atoms with van der Waals surface area (Å²) in [6.45, 7) is 2.26. The molecule has 2 aliphatic rings. The van der Waals surface area contributed by atoms with Gasteiger partial charge in [0.15, 0.2) is 17.4 Å². The largest absolute Gasteiger partial charge is 0.394 e. The van der Waals surface area contributed by atoms with Gasteiger partial charge in [-0.15, -0.1) is 0 Å². The molecule has 4 heterocycles. The fourth-order valence-corrected chi connectivity index (χ4v) is 3.40. The fourth-order valence-electron chi connectivity index (χ4n) is 3.40. The molecule has 2 aliphatic heterocycles. The zero-order valence-electron chi connectivity index (χ0n) is 13.9. The van der Waals surface area contributed by atoms with Crippen molar-refractivity contribution in [2.75, 3.05) is 43.4 Å². The van der Waals surface area contributed by atoms with Crippen molar-refractivity contribution in [3.05, 3.63) is 10.4 Å². The number of aliphatic hydroxyl groups is 3. The van der Waals surface area contributed by atoms with Crippen molar-refractivity contribution in [2.45, 2.75) is 24.5 Å². The number of aromatic nitrogens is 4. The minimum absolute atomic E-state index is 0.0606. The second-order valence-corrected chi connectivity index (χ2v) is 6.37. The van der Waals surface area contributed by atoms with Gasteiger partial charge in [0.1, 0.15) is 18.3 Å². The molecule has 0 aromatic carbocycles. The van der Waals surface area contributed by atoms with Crippen LogP contribution in [0.1, 0.15) is 6.23 Å². The van der Waals surface area contributed by atoms with E-state index in [4.69, 9.17) is 10.5 Å². The molecule has 26 heavy (non-hydrogen) atoms. The lowest BCUT2D eigenvalue weighted by Crippen LogP contribution is -2.45. The van der Waals surface area contributed by atoms with Crippen molar-refractivity contribution in [3.63, 3.8) is 0 Å². The number of imidazole rings is 1. The maximum absolute atomic E-state index is 12.3. The Balaban J connectivity index is 1.89. The summed E-state index contributed by atoms with van der Waals surface area (Å²) < 4.78 is 7.10. The number of hydrogen-bond acceptors (Lipinski definition) is 10. The number of nitrogens with zero attached hydrogens (tertiary/aromatic N) is 4. The van der Waals surface area contributed by atoms with E-state index in [1.54, 1.807) is 0 Å². The number of nitrogen functional groups attached to an aromatic ring is 1. The summed E-state index contributed by atoms with van der Waals surface area (Å²) in [4.78, 5) is 25.1. The van der Waals surface area contributed by atoms with Crippen LogP contribution in [0.4, 0.5) is 11.9 Å². The van der Waals surface area contributed by atoms with Crippen molar-refractivity contribution in [3.8, 4) is 0 Å². The van der Waals surface area contributed by atoms with E-state index in [0.29, 0.717) is 19.0 Å². The summed E-state index contributed by atoms with van der Waals surface area (Å²) in [6, 6.07) is 0. The summed E-state index contributed by atoms with van der Waals surface area (Å²) in [6.07, 6.45) is -4.63. The van der Waals surface area contributed by atoms with Crippen LogP contribution in [0.15, 0.2) is 4.79 Å². The van der Waals surface area contributed by atoms with Gasteiger partial charge < -0.3 is 36.0 Å². The third-order valence-corrected chi connectivity index (χ3v) is 4.72. The number of nitrogens with two attached hydrogens (primary N) is 1. The van der Waals surface area contributed by atoms with Gasteiger partial charge in [-0.25, -0.2) is 4.98 Å². The molecule has 0 saturated carbocycles. The number of aliphatic hydroxyl groups excluding tert-OH is 3. The number of fused-ring (bicyclic) bond motifs is 1. The SMILES string of the molecule is Nc1nc2c(nc(N3CCNCC3)n2[C@@H]2O[C@H](CO)[C@@H](O)[C@@H]2O)c(=O)[nH]1. The molecule has 0 bridgehead atoms. The number of rotatable bonds is 3. The van der Waals surface area contributed by atoms with Crippen LogP contribution in [0.25, 0.3) is 11.2 Å². The van der Waals surface area contributed by atoms with Gasteiger partial charge in [-0.3, -0.25) is 14.3 Å². The zero-order chi connectivity index (χ0) is 18.4. The molecule has 2 fully saturated rings. The molecular formula is C14H21N7O5. The first-order valence-corrected chi connectivity index (χ1v) is 8.37. The molecule has 0 spiro atoms. The molecular weight excluding hydrogens is 346 g/mol. The Bertz CT molecular complexity index is 861. The molecule has 0 aliphatic carbocycles. The molecule has 0 radical (unpaired) electrons. The molecule has 4 atom stereocenters. The number of aromatic amines is 1. The number of hydrogen-bond donors (Lipinski definition) is 6. The number of anilines is 2. The lowest BCUT2D eigenvalue weighted by molar-refractivity contribution is -0.0504. The first kappa shape index (κ1) is 17.2. The van der Waals surface area contributed by atoms with Crippen LogP contribution in [-0.2, 0) is 4.74 Å². The second-order valence-electron chi connectivity index (χ2n) is 6.37. The van der Waals surface area contributed by atoms with E-state index >= 15 is 0 Å². The van der Waals surface area contributed by atoms with E-state index in [1.807, 2.05) is 4.90 Å². The predicted octanol–water partition coefficient (Wildman–Crippen LogP) is -3.28. The lowest BCUT2D eigenvalue weighted by atomic mass is 10.1. The van der Waals surface area contributed by atoms with Crippen LogP contribution >= 0.6 is 0 Å². The summed E-state index contributed by atoms with van der Waals surface area (Å²) in [5, 5.41) is 33.1. The Hall–Kier alpha value is -2.25. The standard InChI is InChI=1S/C14H21N7O5/c15-13-18-10-7(11(25)19-13)17-14(20-3-1-16-2-4-20)21(10)12-9(24)8(23)6(5-22)26-12/h6,8-9,12,16,22-24H,1-5H2,(H3,15,18,19,25)/t6-,8-,9+,12-/m1/s1. The smallest absolute Gasteiger partial charge is 0.280 e. The Morgan fingerprint density at radius 1 is 1.23 bits per heavy atom. The summed E-state index contributed by atoms with van der Waals surface area (Å²) in [5.74, 6) is 0.294. The average Bonchev–Trinajstić information content (AvgIpc) is 3.14. The highest BCUT2D eigenvalue weighted by Crippen LogP contribution is 2.35. The van der Waals surface area contributed by atoms with Crippen molar-refractivity contribution >= 4 is 23.1 Å². The van der Waals surface area contributed by atoms with Crippen LogP contribution in [0, 0.1) is 0 Å². The van der Waals surface area contributed by atoms with Crippen molar-refractivity contribution in [1.82, 2.24) is 24.8 Å². The Kier molecular flexibility index (Phi) is 4.28. The zero-order valence-corrected chi connectivity index (χ0v) is 13.9. The third-order valence-electron chi connectivity index (χ3n) is 4.72. The van der Waals surface area contributed by atoms with E-state index in [1.165, 1.54) is 4.57 Å². The third kappa shape index (κ3) is 2.62. The van der Waals surface area contributed by atoms with Crippen molar-refractivity contribution in [2.24, 2.45) is 0 Å². The summed E-state index contributed by atoms with van der Waals surface area (Å²) in [5.41, 5.74) is 5.37.